The maximum atomic E-state index is 9.57. The van der Waals surface area contributed by atoms with E-state index in [2.05, 4.69) is 27.1 Å². The van der Waals surface area contributed by atoms with Crippen LogP contribution < -0.4 is 5.32 Å². The molecule has 0 fully saturated rings. The number of nitrogens with one attached hydrogen (secondary N) is 1. The predicted molar refractivity (Wildman–Crippen MR) is 75.0 cm³/mol. The molecule has 98 valence electrons. The Kier molecular flexibility index (Phi) is 4.38. The van der Waals surface area contributed by atoms with Gasteiger partial charge in [-0.1, -0.05) is 0 Å². The summed E-state index contributed by atoms with van der Waals surface area (Å²) in [6, 6.07) is 6.03. The second-order valence-electron chi connectivity index (χ2n) is 4.66. The maximum absolute atomic E-state index is 9.57. The Morgan fingerprint density at radius 3 is 2.72 bits per heavy atom. The fraction of sp³-hybridized carbons (Fsp3) is 0.538. The first kappa shape index (κ1) is 13.5. The fourth-order valence-corrected chi connectivity index (χ4v) is 3.16. The van der Waals surface area contributed by atoms with E-state index in [1.807, 2.05) is 18.2 Å². The number of aliphatic hydroxyl groups is 1. The predicted octanol–water partition coefficient (Wildman–Crippen LogP) is 3.25. The summed E-state index contributed by atoms with van der Waals surface area (Å²) in [5, 5.41) is 13.0. The summed E-state index contributed by atoms with van der Waals surface area (Å²) in [6.45, 7) is 5.24. The molecule has 18 heavy (non-hydrogen) atoms. The molecule has 1 aromatic rings. The molecule has 1 aliphatic heterocycles. The summed E-state index contributed by atoms with van der Waals surface area (Å²) in [5.41, 5.74) is 2.97. The summed E-state index contributed by atoms with van der Waals surface area (Å²) in [4.78, 5) is 0. The van der Waals surface area contributed by atoms with Crippen LogP contribution in [0.5, 0.6) is 0 Å². The van der Waals surface area contributed by atoms with Crippen molar-refractivity contribution >= 4 is 31.6 Å². The first-order chi connectivity index (χ1) is 8.74. The minimum absolute atomic E-state index is 0.00367. The van der Waals surface area contributed by atoms with E-state index in [-0.39, 0.29) is 26.6 Å². The van der Waals surface area contributed by atoms with Crippen molar-refractivity contribution in [2.24, 2.45) is 13.3 Å². The molecule has 5 heteroatoms. The van der Waals surface area contributed by atoms with E-state index >= 15 is 0 Å². The van der Waals surface area contributed by atoms with E-state index in [9.17, 15) is 5.11 Å². The molecular weight excluding hydrogens is 293 g/mol. The average Bonchev–Trinajstić information content (AvgIpc) is 2.90. The van der Waals surface area contributed by atoms with Gasteiger partial charge in [0.05, 0.1) is 0 Å². The van der Waals surface area contributed by atoms with Gasteiger partial charge in [0, 0.05) is 0 Å². The first-order valence-electron chi connectivity index (χ1n) is 6.30. The molecule has 0 aromatic heterocycles. The van der Waals surface area contributed by atoms with Gasteiger partial charge in [0.15, 0.2) is 0 Å². The first-order valence-corrected chi connectivity index (χ1v) is 7.84. The Labute approximate surface area is 114 Å². The Balaban J connectivity index is 2.12. The number of nitrogens with zero attached hydrogens (tertiary/aromatic N) is 2. The van der Waals surface area contributed by atoms with Gasteiger partial charge in [0.2, 0.25) is 0 Å². The molecule has 0 amide bonds. The number of fused-ring (bicyclic) bond motifs is 1. The van der Waals surface area contributed by atoms with Crippen LogP contribution in [0.15, 0.2) is 26.1 Å². The molecule has 2 N–H and O–H groups in total. The molecule has 1 aromatic carbocycles. The van der Waals surface area contributed by atoms with Gasteiger partial charge >= 0.3 is 113 Å². The van der Waals surface area contributed by atoms with Gasteiger partial charge in [-0.05, 0) is 0 Å². The van der Waals surface area contributed by atoms with Crippen LogP contribution in [-0.4, -0.2) is 32.8 Å². The molecular formula is C13H19N3OSe. The summed E-state index contributed by atoms with van der Waals surface area (Å²) in [6.07, 6.45) is 1.93. The van der Waals surface area contributed by atoms with E-state index < -0.39 is 0 Å². The van der Waals surface area contributed by atoms with Crippen LogP contribution >= 0.6 is 0 Å². The number of aliphatic hydroxyl groups excluding tert-OH is 1. The zero-order valence-corrected chi connectivity index (χ0v) is 12.5. The monoisotopic (exact) mass is 313 g/mol. The van der Waals surface area contributed by atoms with Gasteiger partial charge in [0.25, 0.3) is 0 Å². The molecule has 0 saturated carbocycles. The van der Waals surface area contributed by atoms with Crippen LogP contribution in [0.3, 0.4) is 0 Å². The SMILES string of the molecule is CCC(CC)(CO)CNc1cccc2c1N=[Se]=N2. The van der Waals surface area contributed by atoms with Gasteiger partial charge in [-0.25, -0.2) is 0 Å². The van der Waals surface area contributed by atoms with E-state index in [1.165, 1.54) is 0 Å². The van der Waals surface area contributed by atoms with Crippen LogP contribution in [-0.2, 0) is 0 Å². The summed E-state index contributed by atoms with van der Waals surface area (Å²) < 4.78 is 8.82. The zero-order chi connectivity index (χ0) is 13.0. The molecule has 4 nitrogen and oxygen atoms in total. The van der Waals surface area contributed by atoms with E-state index in [4.69, 9.17) is 0 Å². The summed E-state index contributed by atoms with van der Waals surface area (Å²) in [7, 11) is 0. The Bertz CT molecular complexity index is 483. The van der Waals surface area contributed by atoms with Gasteiger partial charge in [0.1, 0.15) is 0 Å². The summed E-state index contributed by atoms with van der Waals surface area (Å²) >= 11 is 0.00367. The molecule has 2 rings (SSSR count). The van der Waals surface area contributed by atoms with Crippen LogP contribution in [0.4, 0.5) is 17.1 Å². The van der Waals surface area contributed by atoms with Gasteiger partial charge in [-0.2, -0.15) is 0 Å². The Morgan fingerprint density at radius 2 is 2.06 bits per heavy atom. The standard InChI is InChI=1S/C13H19N3OSe/c1-3-13(4-2,9-17)8-14-10-6-5-7-11-12(10)16-18-15-11/h5-7,14,17H,3-4,8-9H2,1-2H3. The van der Waals surface area contributed by atoms with Crippen molar-refractivity contribution in [3.05, 3.63) is 18.2 Å². The molecule has 0 aliphatic carbocycles. The van der Waals surface area contributed by atoms with Crippen LogP contribution in [0, 0.1) is 5.41 Å². The number of anilines is 1. The molecule has 0 spiro atoms. The van der Waals surface area contributed by atoms with Crippen LogP contribution in [0.2, 0.25) is 0 Å². The fourth-order valence-electron chi connectivity index (χ4n) is 2.01. The third kappa shape index (κ3) is 2.58. The normalized spacial score (nSPS) is 13.3. The van der Waals surface area contributed by atoms with Crippen molar-refractivity contribution in [3.8, 4) is 0 Å². The molecule has 1 heterocycles. The number of hydrogen-bond donors (Lipinski definition) is 2. The second-order valence-corrected chi connectivity index (χ2v) is 5.77. The van der Waals surface area contributed by atoms with Crippen LogP contribution in [0.25, 0.3) is 0 Å². The Hall–Kier alpha value is -0.901. The number of hydrogen-bond acceptors (Lipinski definition) is 4. The quantitative estimate of drug-likeness (QED) is 0.805. The van der Waals surface area contributed by atoms with Crippen molar-refractivity contribution in [1.82, 2.24) is 0 Å². The molecule has 0 saturated heterocycles. The van der Waals surface area contributed by atoms with Gasteiger partial charge in [-0.15, -0.1) is 0 Å². The topological polar surface area (TPSA) is 57.0 Å². The third-order valence-corrected chi connectivity index (χ3v) is 4.91. The zero-order valence-electron chi connectivity index (χ0n) is 10.8. The van der Waals surface area contributed by atoms with Crippen LogP contribution in [0.1, 0.15) is 26.7 Å². The van der Waals surface area contributed by atoms with Crippen molar-refractivity contribution in [3.63, 3.8) is 0 Å². The second kappa shape index (κ2) is 5.83. The molecule has 0 unspecified atom stereocenters. The van der Waals surface area contributed by atoms with Crippen molar-refractivity contribution < 1.29 is 5.11 Å². The molecule has 0 bridgehead atoms. The molecule has 0 radical (unpaired) electrons. The number of rotatable bonds is 6. The van der Waals surface area contributed by atoms with E-state index in [1.54, 1.807) is 0 Å². The minimum atomic E-state index is -0.0381. The van der Waals surface area contributed by atoms with Crippen molar-refractivity contribution in [2.45, 2.75) is 26.7 Å². The number of benzene rings is 1. The van der Waals surface area contributed by atoms with Gasteiger partial charge < -0.3 is 0 Å². The van der Waals surface area contributed by atoms with E-state index in [0.29, 0.717) is 0 Å². The van der Waals surface area contributed by atoms with Crippen molar-refractivity contribution in [2.75, 3.05) is 18.5 Å². The molecule has 0 atom stereocenters. The average molecular weight is 312 g/mol. The molecule has 1 aliphatic rings. The van der Waals surface area contributed by atoms with Gasteiger partial charge in [-0.3, -0.25) is 0 Å². The van der Waals surface area contributed by atoms with Crippen molar-refractivity contribution in [1.29, 1.82) is 0 Å². The summed E-state index contributed by atoms with van der Waals surface area (Å²) in [5.74, 6) is 0. The Morgan fingerprint density at radius 1 is 1.28 bits per heavy atom. The van der Waals surface area contributed by atoms with E-state index in [0.717, 1.165) is 36.4 Å². The third-order valence-electron chi connectivity index (χ3n) is 3.78.